The summed E-state index contributed by atoms with van der Waals surface area (Å²) in [6.07, 6.45) is 3.87. The van der Waals surface area contributed by atoms with Gasteiger partial charge in [0.15, 0.2) is 0 Å². The van der Waals surface area contributed by atoms with Gasteiger partial charge in [-0.1, -0.05) is 30.3 Å². The van der Waals surface area contributed by atoms with E-state index in [-0.39, 0.29) is 18.4 Å². The molecule has 144 valence electrons. The molecule has 3 aromatic rings. The number of fused-ring (bicyclic) bond motifs is 1. The van der Waals surface area contributed by atoms with Crippen LogP contribution in [0.4, 0.5) is 0 Å². The lowest BCUT2D eigenvalue weighted by Gasteiger charge is -2.25. The van der Waals surface area contributed by atoms with Crippen molar-refractivity contribution in [1.82, 2.24) is 4.98 Å². The van der Waals surface area contributed by atoms with E-state index in [9.17, 15) is 5.26 Å². The molecular formula is C22H22ClN3OS. The first-order valence-electron chi connectivity index (χ1n) is 9.02. The lowest BCUT2D eigenvalue weighted by Crippen LogP contribution is -2.24. The van der Waals surface area contributed by atoms with E-state index in [1.54, 1.807) is 17.4 Å². The molecule has 28 heavy (non-hydrogen) atoms. The van der Waals surface area contributed by atoms with Crippen LogP contribution in [0.5, 0.6) is 5.75 Å². The molecule has 1 aliphatic carbocycles. The number of hydrogen-bond donors (Lipinski definition) is 1. The van der Waals surface area contributed by atoms with Gasteiger partial charge in [0.05, 0.1) is 10.4 Å². The standard InChI is InChI=1S/C22H21N3OS.ClH/c1-22(2,26-19-9-4-3-6-14(19)12-23)20-13-25-21(27-20)17-8-5-7-16-15(17)10-11-18(16)24;/h3-9,13,18H,10-11,24H2,1-2H3;1H. The van der Waals surface area contributed by atoms with Gasteiger partial charge in [0.1, 0.15) is 22.4 Å². The Morgan fingerprint density at radius 3 is 2.79 bits per heavy atom. The second-order valence-corrected chi connectivity index (χ2v) is 8.30. The number of ether oxygens (including phenoxy) is 1. The summed E-state index contributed by atoms with van der Waals surface area (Å²) in [5, 5.41) is 10.3. The fraction of sp³-hybridized carbons (Fsp3) is 0.273. The first kappa shape index (κ1) is 20.3. The molecule has 0 spiro atoms. The molecule has 0 saturated carbocycles. The normalized spacial score (nSPS) is 15.4. The molecule has 2 N–H and O–H groups in total. The number of nitriles is 1. The van der Waals surface area contributed by atoms with Crippen molar-refractivity contribution in [2.45, 2.75) is 38.3 Å². The van der Waals surface area contributed by atoms with E-state index in [2.05, 4.69) is 29.3 Å². The van der Waals surface area contributed by atoms with Crippen LogP contribution in [0.15, 0.2) is 48.7 Å². The molecule has 0 bridgehead atoms. The molecule has 6 heteroatoms. The molecule has 0 amide bonds. The molecule has 4 nitrogen and oxygen atoms in total. The number of aromatic nitrogens is 1. The fourth-order valence-corrected chi connectivity index (χ4v) is 4.54. The van der Waals surface area contributed by atoms with Crippen molar-refractivity contribution < 1.29 is 4.74 Å². The largest absolute Gasteiger partial charge is 0.481 e. The molecule has 0 saturated heterocycles. The third-order valence-electron chi connectivity index (χ3n) is 5.02. The second kappa shape index (κ2) is 7.92. The zero-order valence-electron chi connectivity index (χ0n) is 15.8. The molecule has 1 atom stereocenters. The Balaban J connectivity index is 0.00000225. The summed E-state index contributed by atoms with van der Waals surface area (Å²) < 4.78 is 6.20. The predicted molar refractivity (Wildman–Crippen MR) is 115 cm³/mol. The summed E-state index contributed by atoms with van der Waals surface area (Å²) >= 11 is 1.63. The lowest BCUT2D eigenvalue weighted by molar-refractivity contribution is 0.112. The van der Waals surface area contributed by atoms with Crippen LogP contribution in [-0.4, -0.2) is 4.98 Å². The van der Waals surface area contributed by atoms with E-state index in [0.29, 0.717) is 11.3 Å². The van der Waals surface area contributed by atoms with Crippen LogP contribution in [0.3, 0.4) is 0 Å². The highest BCUT2D eigenvalue weighted by molar-refractivity contribution is 7.15. The third-order valence-corrected chi connectivity index (χ3v) is 6.35. The Hall–Kier alpha value is -2.39. The van der Waals surface area contributed by atoms with Gasteiger partial charge in [-0.3, -0.25) is 0 Å². The molecule has 1 aromatic heterocycles. The molecule has 0 radical (unpaired) electrons. The van der Waals surface area contributed by atoms with Crippen LogP contribution >= 0.6 is 23.7 Å². The lowest BCUT2D eigenvalue weighted by atomic mass is 10.0. The predicted octanol–water partition coefficient (Wildman–Crippen LogP) is 5.36. The van der Waals surface area contributed by atoms with Crippen LogP contribution in [0.1, 0.15) is 47.9 Å². The van der Waals surface area contributed by atoms with Crippen LogP contribution in [-0.2, 0) is 12.0 Å². The number of halogens is 1. The Morgan fingerprint density at radius 1 is 1.21 bits per heavy atom. The highest BCUT2D eigenvalue weighted by atomic mass is 35.5. The Morgan fingerprint density at radius 2 is 2.00 bits per heavy atom. The number of rotatable bonds is 4. The first-order valence-corrected chi connectivity index (χ1v) is 9.83. The highest BCUT2D eigenvalue weighted by Crippen LogP contribution is 2.40. The smallest absolute Gasteiger partial charge is 0.139 e. The van der Waals surface area contributed by atoms with Crippen molar-refractivity contribution >= 4 is 23.7 Å². The Bertz CT molecular complexity index is 1040. The van der Waals surface area contributed by atoms with Gasteiger partial charge in [-0.05, 0) is 49.9 Å². The molecule has 4 rings (SSSR count). The van der Waals surface area contributed by atoms with Gasteiger partial charge in [-0.15, -0.1) is 23.7 Å². The maximum atomic E-state index is 9.30. The van der Waals surface area contributed by atoms with Gasteiger partial charge in [0, 0.05) is 17.8 Å². The summed E-state index contributed by atoms with van der Waals surface area (Å²) in [6, 6.07) is 15.9. The SMILES string of the molecule is CC(C)(Oc1ccccc1C#N)c1cnc(-c2cccc3c2CCC3N)s1.Cl. The molecule has 1 heterocycles. The van der Waals surface area contributed by atoms with Gasteiger partial charge >= 0.3 is 0 Å². The summed E-state index contributed by atoms with van der Waals surface area (Å²) in [7, 11) is 0. The number of thiazole rings is 1. The molecule has 2 aromatic carbocycles. The molecule has 1 unspecified atom stereocenters. The van der Waals surface area contributed by atoms with Crippen LogP contribution in [0, 0.1) is 11.3 Å². The summed E-state index contributed by atoms with van der Waals surface area (Å²) in [6.45, 7) is 4.01. The third kappa shape index (κ3) is 3.64. The zero-order valence-corrected chi connectivity index (χ0v) is 17.4. The average Bonchev–Trinajstić information content (AvgIpc) is 3.30. The van der Waals surface area contributed by atoms with E-state index < -0.39 is 5.60 Å². The number of hydrogen-bond acceptors (Lipinski definition) is 5. The van der Waals surface area contributed by atoms with Crippen molar-refractivity contribution in [2.75, 3.05) is 0 Å². The number of para-hydroxylation sites is 1. The minimum absolute atomic E-state index is 0. The van der Waals surface area contributed by atoms with E-state index in [4.69, 9.17) is 10.5 Å². The molecule has 0 aliphatic heterocycles. The summed E-state index contributed by atoms with van der Waals surface area (Å²) in [4.78, 5) is 5.69. The average molecular weight is 412 g/mol. The zero-order chi connectivity index (χ0) is 19.0. The van der Waals surface area contributed by atoms with Crippen molar-refractivity contribution in [3.8, 4) is 22.4 Å². The van der Waals surface area contributed by atoms with Crippen LogP contribution < -0.4 is 10.5 Å². The van der Waals surface area contributed by atoms with Crippen molar-refractivity contribution in [1.29, 1.82) is 5.26 Å². The molecule has 0 fully saturated rings. The second-order valence-electron chi connectivity index (χ2n) is 7.27. The van der Waals surface area contributed by atoms with Gasteiger partial charge in [-0.2, -0.15) is 5.26 Å². The van der Waals surface area contributed by atoms with E-state index >= 15 is 0 Å². The maximum Gasteiger partial charge on any atom is 0.139 e. The van der Waals surface area contributed by atoms with Crippen LogP contribution in [0.25, 0.3) is 10.6 Å². The molecular weight excluding hydrogens is 390 g/mol. The fourth-order valence-electron chi connectivity index (χ4n) is 3.54. The quantitative estimate of drug-likeness (QED) is 0.626. The van der Waals surface area contributed by atoms with Gasteiger partial charge in [0.2, 0.25) is 0 Å². The Labute approximate surface area is 175 Å². The number of nitrogens with zero attached hydrogens (tertiary/aromatic N) is 2. The highest BCUT2D eigenvalue weighted by Gasteiger charge is 2.28. The summed E-state index contributed by atoms with van der Waals surface area (Å²) in [5.74, 6) is 0.589. The molecule has 1 aliphatic rings. The van der Waals surface area contributed by atoms with E-state index in [1.165, 1.54) is 16.7 Å². The Kier molecular flexibility index (Phi) is 5.76. The van der Waals surface area contributed by atoms with Gasteiger partial charge in [-0.25, -0.2) is 4.98 Å². The van der Waals surface area contributed by atoms with Gasteiger partial charge in [0.25, 0.3) is 0 Å². The number of nitrogens with two attached hydrogens (primary N) is 1. The summed E-state index contributed by atoms with van der Waals surface area (Å²) in [5.41, 5.74) is 9.89. The monoisotopic (exact) mass is 411 g/mol. The topological polar surface area (TPSA) is 71.9 Å². The first-order chi connectivity index (χ1) is 13.0. The van der Waals surface area contributed by atoms with Crippen LogP contribution in [0.2, 0.25) is 0 Å². The van der Waals surface area contributed by atoms with Gasteiger partial charge < -0.3 is 10.5 Å². The van der Waals surface area contributed by atoms with Crippen molar-refractivity contribution in [3.63, 3.8) is 0 Å². The van der Waals surface area contributed by atoms with Crippen molar-refractivity contribution in [3.05, 3.63) is 70.2 Å². The minimum atomic E-state index is -0.586. The minimum Gasteiger partial charge on any atom is -0.481 e. The van der Waals surface area contributed by atoms with E-state index in [0.717, 1.165) is 22.7 Å². The van der Waals surface area contributed by atoms with E-state index in [1.807, 2.05) is 38.2 Å². The van der Waals surface area contributed by atoms with Crippen molar-refractivity contribution in [2.24, 2.45) is 5.73 Å². The maximum absolute atomic E-state index is 9.30. The number of benzene rings is 2.